The van der Waals surface area contributed by atoms with Crippen molar-refractivity contribution in [2.45, 2.75) is 26.8 Å². The lowest BCUT2D eigenvalue weighted by molar-refractivity contribution is -0.121. The number of nitrogens with one attached hydrogen (secondary N) is 1. The Morgan fingerprint density at radius 2 is 1.93 bits per heavy atom. The van der Waals surface area contributed by atoms with Crippen molar-refractivity contribution in [1.82, 2.24) is 10.3 Å². The summed E-state index contributed by atoms with van der Waals surface area (Å²) in [5.41, 5.74) is 3.91. The maximum Gasteiger partial charge on any atom is 0.242 e. The molecule has 1 N–H and O–H groups in total. The predicted octanol–water partition coefficient (Wildman–Crippen LogP) is 5.43. The van der Waals surface area contributed by atoms with Gasteiger partial charge in [0, 0.05) is 17.5 Å². The van der Waals surface area contributed by atoms with E-state index < -0.39 is 6.04 Å². The minimum Gasteiger partial charge on any atom is -0.355 e. The summed E-state index contributed by atoms with van der Waals surface area (Å²) < 4.78 is 0. The average molecular weight is 400 g/mol. The Morgan fingerprint density at radius 3 is 2.59 bits per heavy atom. The van der Waals surface area contributed by atoms with Crippen LogP contribution < -0.4 is 10.2 Å². The summed E-state index contributed by atoms with van der Waals surface area (Å²) in [6.07, 6.45) is 0. The smallest absolute Gasteiger partial charge is 0.242 e. The van der Waals surface area contributed by atoms with Crippen LogP contribution >= 0.6 is 22.9 Å². The van der Waals surface area contributed by atoms with Gasteiger partial charge in [0.2, 0.25) is 5.91 Å². The SMILES string of the molecule is CCNC(=O)[C@@H](C)N(c1nc(-c2ccc(C)cc2)cs1)c1ccccc1Cl. The van der Waals surface area contributed by atoms with Crippen molar-refractivity contribution >= 4 is 39.7 Å². The van der Waals surface area contributed by atoms with E-state index in [0.29, 0.717) is 11.6 Å². The number of para-hydroxylation sites is 1. The largest absolute Gasteiger partial charge is 0.355 e. The highest BCUT2D eigenvalue weighted by atomic mass is 35.5. The lowest BCUT2D eigenvalue weighted by atomic mass is 10.1. The molecule has 0 fully saturated rings. The summed E-state index contributed by atoms with van der Waals surface area (Å²) >= 11 is 7.94. The first kappa shape index (κ1) is 19.4. The lowest BCUT2D eigenvalue weighted by Crippen LogP contribution is -2.43. The molecule has 0 aliphatic heterocycles. The van der Waals surface area contributed by atoms with Gasteiger partial charge in [0.1, 0.15) is 6.04 Å². The minimum atomic E-state index is -0.443. The fourth-order valence-electron chi connectivity index (χ4n) is 2.80. The zero-order valence-electron chi connectivity index (χ0n) is 15.6. The molecule has 0 aliphatic carbocycles. The number of likely N-dealkylation sites (N-methyl/N-ethyl adjacent to an activating group) is 1. The van der Waals surface area contributed by atoms with Gasteiger partial charge in [0.25, 0.3) is 0 Å². The number of thiazole rings is 1. The third kappa shape index (κ3) is 4.31. The van der Waals surface area contributed by atoms with Crippen molar-refractivity contribution in [3.63, 3.8) is 0 Å². The zero-order chi connectivity index (χ0) is 19.4. The fraction of sp³-hybridized carbons (Fsp3) is 0.238. The molecule has 1 amide bonds. The van der Waals surface area contributed by atoms with Gasteiger partial charge in [-0.15, -0.1) is 11.3 Å². The molecule has 3 aromatic rings. The van der Waals surface area contributed by atoms with Crippen molar-refractivity contribution in [3.8, 4) is 11.3 Å². The average Bonchev–Trinajstić information content (AvgIpc) is 3.14. The van der Waals surface area contributed by atoms with E-state index in [-0.39, 0.29) is 5.91 Å². The van der Waals surface area contributed by atoms with E-state index in [1.807, 2.05) is 48.4 Å². The maximum atomic E-state index is 12.5. The molecule has 0 bridgehead atoms. The van der Waals surface area contributed by atoms with Crippen molar-refractivity contribution in [3.05, 3.63) is 64.5 Å². The quantitative estimate of drug-likeness (QED) is 0.600. The summed E-state index contributed by atoms with van der Waals surface area (Å²) in [5.74, 6) is -0.0653. The Balaban J connectivity index is 2.02. The fourth-order valence-corrected chi connectivity index (χ4v) is 3.95. The normalized spacial score (nSPS) is 11.9. The van der Waals surface area contributed by atoms with Crippen LogP contribution in [0.15, 0.2) is 53.9 Å². The summed E-state index contributed by atoms with van der Waals surface area (Å²) in [6.45, 7) is 6.40. The molecule has 6 heteroatoms. The number of anilines is 2. The Labute approximate surface area is 168 Å². The minimum absolute atomic E-state index is 0.0653. The van der Waals surface area contributed by atoms with Gasteiger partial charge in [0.05, 0.1) is 16.4 Å². The van der Waals surface area contributed by atoms with Gasteiger partial charge in [-0.25, -0.2) is 4.98 Å². The molecule has 0 saturated heterocycles. The number of carbonyl (C=O) groups excluding carboxylic acids is 1. The zero-order valence-corrected chi connectivity index (χ0v) is 17.1. The third-order valence-corrected chi connectivity index (χ3v) is 5.43. The summed E-state index contributed by atoms with van der Waals surface area (Å²) in [6, 6.07) is 15.3. The first-order valence-corrected chi connectivity index (χ1v) is 10.1. The van der Waals surface area contributed by atoms with Crippen LogP contribution in [-0.2, 0) is 4.79 Å². The molecule has 0 radical (unpaired) electrons. The van der Waals surface area contributed by atoms with Gasteiger partial charge in [-0.05, 0) is 32.9 Å². The van der Waals surface area contributed by atoms with Crippen LogP contribution in [0, 0.1) is 6.92 Å². The van der Waals surface area contributed by atoms with E-state index in [9.17, 15) is 4.79 Å². The standard InChI is InChI=1S/C21H22ClN3OS/c1-4-23-20(26)15(3)25(19-8-6-5-7-17(19)22)21-24-18(13-27-21)16-11-9-14(2)10-12-16/h5-13,15H,4H2,1-3H3,(H,23,26)/t15-/m1/s1. The topological polar surface area (TPSA) is 45.2 Å². The molecule has 3 rings (SSSR count). The molecular formula is C21H22ClN3OS. The maximum absolute atomic E-state index is 12.5. The number of nitrogens with zero attached hydrogens (tertiary/aromatic N) is 2. The highest BCUT2D eigenvalue weighted by Crippen LogP contribution is 2.37. The summed E-state index contributed by atoms with van der Waals surface area (Å²) in [5, 5.41) is 6.21. The van der Waals surface area contributed by atoms with Gasteiger partial charge >= 0.3 is 0 Å². The second-order valence-corrected chi connectivity index (χ2v) is 7.52. The van der Waals surface area contributed by atoms with Crippen LogP contribution in [0.2, 0.25) is 5.02 Å². The first-order chi connectivity index (χ1) is 13.0. The molecular weight excluding hydrogens is 378 g/mol. The second kappa shape index (κ2) is 8.55. The Hall–Kier alpha value is -2.37. The van der Waals surface area contributed by atoms with Gasteiger partial charge < -0.3 is 10.2 Å². The van der Waals surface area contributed by atoms with Crippen LogP contribution in [0.25, 0.3) is 11.3 Å². The lowest BCUT2D eigenvalue weighted by Gasteiger charge is -2.28. The van der Waals surface area contributed by atoms with E-state index in [2.05, 4.69) is 36.5 Å². The van der Waals surface area contributed by atoms with E-state index in [1.165, 1.54) is 16.9 Å². The molecule has 0 aliphatic rings. The molecule has 27 heavy (non-hydrogen) atoms. The van der Waals surface area contributed by atoms with E-state index in [0.717, 1.165) is 22.1 Å². The van der Waals surface area contributed by atoms with Crippen LogP contribution in [0.5, 0.6) is 0 Å². The van der Waals surface area contributed by atoms with Crippen molar-refractivity contribution in [1.29, 1.82) is 0 Å². The monoisotopic (exact) mass is 399 g/mol. The summed E-state index contributed by atoms with van der Waals surface area (Å²) in [4.78, 5) is 19.2. The van der Waals surface area contributed by atoms with E-state index in [1.54, 1.807) is 0 Å². The van der Waals surface area contributed by atoms with Crippen LogP contribution in [0.3, 0.4) is 0 Å². The number of hydrogen-bond acceptors (Lipinski definition) is 4. The Bertz CT molecular complexity index is 923. The molecule has 4 nitrogen and oxygen atoms in total. The highest BCUT2D eigenvalue weighted by molar-refractivity contribution is 7.14. The number of benzene rings is 2. The van der Waals surface area contributed by atoms with Crippen molar-refractivity contribution < 1.29 is 4.79 Å². The highest BCUT2D eigenvalue weighted by Gasteiger charge is 2.27. The number of halogens is 1. The molecule has 1 aromatic heterocycles. The Morgan fingerprint density at radius 1 is 1.22 bits per heavy atom. The van der Waals surface area contributed by atoms with Crippen LogP contribution in [0.1, 0.15) is 19.4 Å². The first-order valence-electron chi connectivity index (χ1n) is 8.85. The van der Waals surface area contributed by atoms with Crippen molar-refractivity contribution in [2.75, 3.05) is 11.4 Å². The number of hydrogen-bond donors (Lipinski definition) is 1. The van der Waals surface area contributed by atoms with Crippen molar-refractivity contribution in [2.24, 2.45) is 0 Å². The molecule has 0 saturated carbocycles. The van der Waals surface area contributed by atoms with E-state index >= 15 is 0 Å². The summed E-state index contributed by atoms with van der Waals surface area (Å²) in [7, 11) is 0. The molecule has 140 valence electrons. The number of rotatable bonds is 6. The van der Waals surface area contributed by atoms with E-state index in [4.69, 9.17) is 16.6 Å². The molecule has 1 heterocycles. The molecule has 0 unspecified atom stereocenters. The van der Waals surface area contributed by atoms with Gasteiger partial charge in [-0.1, -0.05) is 53.6 Å². The number of aryl methyl sites for hydroxylation is 1. The Kier molecular flexibility index (Phi) is 6.14. The van der Waals surface area contributed by atoms with Crippen LogP contribution in [-0.4, -0.2) is 23.5 Å². The van der Waals surface area contributed by atoms with Gasteiger partial charge in [-0.2, -0.15) is 0 Å². The van der Waals surface area contributed by atoms with Crippen LogP contribution in [0.4, 0.5) is 10.8 Å². The molecule has 0 spiro atoms. The number of amides is 1. The van der Waals surface area contributed by atoms with Gasteiger partial charge in [-0.3, -0.25) is 4.79 Å². The third-order valence-electron chi connectivity index (χ3n) is 4.28. The number of carbonyl (C=O) groups is 1. The molecule has 1 atom stereocenters. The molecule has 2 aromatic carbocycles. The second-order valence-electron chi connectivity index (χ2n) is 6.27. The van der Waals surface area contributed by atoms with Gasteiger partial charge in [0.15, 0.2) is 5.13 Å². The number of aromatic nitrogens is 1. The predicted molar refractivity (Wildman–Crippen MR) is 114 cm³/mol.